The van der Waals surface area contributed by atoms with Crippen LogP contribution in [0.2, 0.25) is 0 Å². The van der Waals surface area contributed by atoms with Crippen molar-refractivity contribution in [3.63, 3.8) is 0 Å². The van der Waals surface area contributed by atoms with E-state index < -0.39 is 0 Å². The number of carbonyl (C=O) groups is 2. The molecule has 1 aromatic carbocycles. The van der Waals surface area contributed by atoms with Gasteiger partial charge in [0.2, 0.25) is 0 Å². The van der Waals surface area contributed by atoms with Gasteiger partial charge in [-0.05, 0) is 62.5 Å². The number of hydrazine groups is 1. The first-order valence-electron chi connectivity index (χ1n) is 10.3. The number of carbonyl (C=O) groups excluding carboxylic acids is 2. The number of nitrogens with one attached hydrogen (secondary N) is 3. The summed E-state index contributed by atoms with van der Waals surface area (Å²) in [4.78, 5) is 31.7. The van der Waals surface area contributed by atoms with Crippen LogP contribution in [0.15, 0.2) is 36.4 Å². The topological polar surface area (TPSA) is 86.4 Å². The van der Waals surface area contributed by atoms with Crippen LogP contribution in [0.25, 0.3) is 0 Å². The second-order valence-corrected chi connectivity index (χ2v) is 7.15. The number of anilines is 2. The van der Waals surface area contributed by atoms with Crippen LogP contribution in [-0.4, -0.2) is 41.3 Å². The van der Waals surface area contributed by atoms with Gasteiger partial charge >= 0.3 is 0 Å². The van der Waals surface area contributed by atoms with E-state index in [0.717, 1.165) is 55.7 Å². The molecule has 0 saturated carbocycles. The SMILES string of the molecule is CCN(CC)CC(=O)NNC(=O)c1cc2c(nc1Nc1ccccc1)CCCC2. The highest BCUT2D eigenvalue weighted by Crippen LogP contribution is 2.26. The number of aromatic nitrogens is 1. The van der Waals surface area contributed by atoms with Crippen molar-refractivity contribution in [3.05, 3.63) is 53.2 Å². The zero-order chi connectivity index (χ0) is 20.6. The minimum absolute atomic E-state index is 0.241. The molecule has 1 aromatic heterocycles. The number of hydrogen-bond donors (Lipinski definition) is 3. The summed E-state index contributed by atoms with van der Waals surface area (Å²) in [7, 11) is 0. The van der Waals surface area contributed by atoms with E-state index >= 15 is 0 Å². The summed E-state index contributed by atoms with van der Waals surface area (Å²) in [6, 6.07) is 11.5. The van der Waals surface area contributed by atoms with Gasteiger partial charge in [0.25, 0.3) is 11.8 Å². The van der Waals surface area contributed by atoms with Gasteiger partial charge in [0.05, 0.1) is 12.1 Å². The maximum atomic E-state index is 12.9. The maximum absolute atomic E-state index is 12.9. The molecule has 0 saturated heterocycles. The van der Waals surface area contributed by atoms with Crippen molar-refractivity contribution in [1.29, 1.82) is 0 Å². The van der Waals surface area contributed by atoms with Crippen molar-refractivity contribution in [3.8, 4) is 0 Å². The zero-order valence-corrected chi connectivity index (χ0v) is 17.1. The van der Waals surface area contributed by atoms with E-state index in [9.17, 15) is 9.59 Å². The fraction of sp³-hybridized carbons (Fsp3) is 0.409. The Morgan fingerprint density at radius 3 is 2.48 bits per heavy atom. The Hall–Kier alpha value is -2.93. The standard InChI is InChI=1S/C22H29N5O2/c1-3-27(4-2)15-20(28)25-26-22(29)18-14-16-10-8-9-13-19(16)24-21(18)23-17-11-6-5-7-12-17/h5-7,11-12,14H,3-4,8-10,13,15H2,1-2H3,(H,23,24)(H,25,28)(H,26,29). The fourth-order valence-corrected chi connectivity index (χ4v) is 3.44. The van der Waals surface area contributed by atoms with E-state index in [-0.39, 0.29) is 18.4 Å². The molecule has 7 heteroatoms. The third-order valence-corrected chi connectivity index (χ3v) is 5.16. The molecule has 0 unspecified atom stereocenters. The van der Waals surface area contributed by atoms with Crippen molar-refractivity contribution in [2.45, 2.75) is 39.5 Å². The second-order valence-electron chi connectivity index (χ2n) is 7.15. The first-order chi connectivity index (χ1) is 14.1. The van der Waals surface area contributed by atoms with E-state index in [0.29, 0.717) is 11.4 Å². The van der Waals surface area contributed by atoms with E-state index in [4.69, 9.17) is 4.98 Å². The molecule has 0 fully saturated rings. The molecular weight excluding hydrogens is 366 g/mol. The van der Waals surface area contributed by atoms with Gasteiger partial charge in [-0.3, -0.25) is 25.3 Å². The van der Waals surface area contributed by atoms with Crippen molar-refractivity contribution in [2.24, 2.45) is 0 Å². The molecule has 29 heavy (non-hydrogen) atoms. The number of likely N-dealkylation sites (N-methyl/N-ethyl adjacent to an activating group) is 1. The molecule has 154 valence electrons. The minimum atomic E-state index is -0.378. The molecular formula is C22H29N5O2. The number of pyridine rings is 1. The molecule has 1 aliphatic carbocycles. The minimum Gasteiger partial charge on any atom is -0.340 e. The Balaban J connectivity index is 1.77. The average Bonchev–Trinajstić information content (AvgIpc) is 2.76. The molecule has 7 nitrogen and oxygen atoms in total. The summed E-state index contributed by atoms with van der Waals surface area (Å²) < 4.78 is 0. The van der Waals surface area contributed by atoms with Gasteiger partial charge in [-0.1, -0.05) is 32.0 Å². The van der Waals surface area contributed by atoms with Gasteiger partial charge in [0, 0.05) is 11.4 Å². The molecule has 2 amide bonds. The third-order valence-electron chi connectivity index (χ3n) is 5.16. The van der Waals surface area contributed by atoms with Gasteiger partial charge in [0.1, 0.15) is 5.82 Å². The van der Waals surface area contributed by atoms with E-state index in [1.807, 2.05) is 55.1 Å². The van der Waals surface area contributed by atoms with Crippen LogP contribution in [0.4, 0.5) is 11.5 Å². The molecule has 3 N–H and O–H groups in total. The van der Waals surface area contributed by atoms with Crippen LogP contribution in [-0.2, 0) is 17.6 Å². The zero-order valence-electron chi connectivity index (χ0n) is 17.1. The predicted octanol–water partition coefficient (Wildman–Crippen LogP) is 2.81. The summed E-state index contributed by atoms with van der Waals surface area (Å²) >= 11 is 0. The lowest BCUT2D eigenvalue weighted by molar-refractivity contribution is -0.122. The van der Waals surface area contributed by atoms with Crippen LogP contribution >= 0.6 is 0 Å². The smallest absolute Gasteiger partial charge is 0.273 e. The van der Waals surface area contributed by atoms with Gasteiger partial charge < -0.3 is 5.32 Å². The third kappa shape index (κ3) is 5.54. The number of nitrogens with zero attached hydrogens (tertiary/aromatic N) is 2. The Kier molecular flexibility index (Phi) is 7.19. The summed E-state index contributed by atoms with van der Waals surface area (Å²) in [6.07, 6.45) is 4.05. The van der Waals surface area contributed by atoms with Crippen LogP contribution < -0.4 is 16.2 Å². The average molecular weight is 396 g/mol. The number of fused-ring (bicyclic) bond motifs is 1. The summed E-state index contributed by atoms with van der Waals surface area (Å²) in [5, 5.41) is 3.25. The summed E-state index contributed by atoms with van der Waals surface area (Å²) in [6.45, 7) is 5.78. The molecule has 1 heterocycles. The lowest BCUT2D eigenvalue weighted by Crippen LogP contribution is -2.46. The lowest BCUT2D eigenvalue weighted by atomic mass is 9.94. The maximum Gasteiger partial charge on any atom is 0.273 e. The van der Waals surface area contributed by atoms with E-state index in [1.54, 1.807) is 0 Å². The van der Waals surface area contributed by atoms with Crippen molar-refractivity contribution >= 4 is 23.3 Å². The van der Waals surface area contributed by atoms with E-state index in [1.165, 1.54) is 0 Å². The molecule has 0 radical (unpaired) electrons. The predicted molar refractivity (Wildman–Crippen MR) is 114 cm³/mol. The number of rotatable bonds is 7. The van der Waals surface area contributed by atoms with Crippen LogP contribution in [0.1, 0.15) is 48.3 Å². The van der Waals surface area contributed by atoms with Gasteiger partial charge in [0.15, 0.2) is 0 Å². The second kappa shape index (κ2) is 10.0. The highest BCUT2D eigenvalue weighted by molar-refractivity contribution is 6.00. The van der Waals surface area contributed by atoms with Gasteiger partial charge in [-0.2, -0.15) is 0 Å². The van der Waals surface area contributed by atoms with Crippen molar-refractivity contribution in [2.75, 3.05) is 25.0 Å². The highest BCUT2D eigenvalue weighted by Gasteiger charge is 2.20. The number of hydrogen-bond acceptors (Lipinski definition) is 5. The molecule has 0 aliphatic heterocycles. The van der Waals surface area contributed by atoms with Crippen LogP contribution in [0.5, 0.6) is 0 Å². The molecule has 0 bridgehead atoms. The first kappa shape index (κ1) is 20.8. The number of benzene rings is 1. The quantitative estimate of drug-likeness (QED) is 0.628. The molecule has 0 atom stereocenters. The monoisotopic (exact) mass is 395 g/mol. The molecule has 2 aromatic rings. The summed E-state index contributed by atoms with van der Waals surface area (Å²) in [5.74, 6) is -0.116. The molecule has 1 aliphatic rings. The highest BCUT2D eigenvalue weighted by atomic mass is 16.2. The molecule has 3 rings (SSSR count). The Labute approximate surface area is 171 Å². The fourth-order valence-electron chi connectivity index (χ4n) is 3.44. The Morgan fingerprint density at radius 2 is 1.76 bits per heavy atom. The normalized spacial score (nSPS) is 12.9. The summed E-state index contributed by atoms with van der Waals surface area (Å²) in [5.41, 5.74) is 8.49. The van der Waals surface area contributed by atoms with E-state index in [2.05, 4.69) is 16.2 Å². The van der Waals surface area contributed by atoms with Crippen LogP contribution in [0.3, 0.4) is 0 Å². The Bertz CT molecular complexity index is 850. The molecule has 0 spiro atoms. The first-order valence-corrected chi connectivity index (χ1v) is 10.3. The van der Waals surface area contributed by atoms with Crippen LogP contribution in [0, 0.1) is 0 Å². The van der Waals surface area contributed by atoms with Gasteiger partial charge in [-0.25, -0.2) is 4.98 Å². The van der Waals surface area contributed by atoms with Gasteiger partial charge in [-0.15, -0.1) is 0 Å². The Morgan fingerprint density at radius 1 is 1.03 bits per heavy atom. The lowest BCUT2D eigenvalue weighted by Gasteiger charge is -2.20. The number of aryl methyl sites for hydroxylation is 2. The number of amides is 2. The van der Waals surface area contributed by atoms with Crippen molar-refractivity contribution in [1.82, 2.24) is 20.7 Å². The van der Waals surface area contributed by atoms with Crippen molar-refractivity contribution < 1.29 is 9.59 Å². The number of para-hydroxylation sites is 1. The largest absolute Gasteiger partial charge is 0.340 e.